The normalized spacial score (nSPS) is 12.0. The van der Waals surface area contributed by atoms with Gasteiger partial charge in [-0.3, -0.25) is 4.79 Å². The highest BCUT2D eigenvalue weighted by Gasteiger charge is 2.04. The highest BCUT2D eigenvalue weighted by Crippen LogP contribution is 1.89. The van der Waals surface area contributed by atoms with Crippen molar-refractivity contribution in [3.05, 3.63) is 0 Å². The quantitative estimate of drug-likeness (QED) is 0.621. The van der Waals surface area contributed by atoms with Gasteiger partial charge in [-0.2, -0.15) is 5.26 Å². The lowest BCUT2D eigenvalue weighted by Gasteiger charge is -2.30. The lowest BCUT2D eigenvalue weighted by Crippen LogP contribution is -2.44. The number of carboxylic acid groups (broad SMARTS) is 1. The third kappa shape index (κ3) is 22.4. The van der Waals surface area contributed by atoms with Crippen LogP contribution < -0.4 is 5.11 Å². The van der Waals surface area contributed by atoms with Crippen LogP contribution in [0.2, 0.25) is 0 Å². The minimum atomic E-state index is -1.07. The van der Waals surface area contributed by atoms with Crippen LogP contribution in [-0.4, -0.2) is 49.4 Å². The van der Waals surface area contributed by atoms with Gasteiger partial charge in [-0.25, -0.2) is 0 Å². The predicted octanol–water partition coefficient (Wildman–Crippen LogP) is -0.574. The first-order valence-corrected chi connectivity index (χ1v) is 4.24. The van der Waals surface area contributed by atoms with Gasteiger partial charge >= 0.3 is 5.97 Å². The van der Waals surface area contributed by atoms with E-state index in [1.807, 2.05) is 21.1 Å². The molecule has 0 radical (unpaired) electrons. The molecule has 0 aliphatic rings. The van der Waals surface area contributed by atoms with E-state index >= 15 is 0 Å². The van der Waals surface area contributed by atoms with Gasteiger partial charge in [0.25, 0.3) is 0 Å². The number of carboxylic acids is 1. The standard InChI is InChI=1S/C6H15NO.C3H3NO2/c1-6(8)5-7(2,3)4;4-2-1-3(5)6/h6H,5H2,1-4H3;1H2,(H,5,6). The van der Waals surface area contributed by atoms with Crippen LogP contribution in [0.1, 0.15) is 13.3 Å². The molecule has 5 heteroatoms. The zero-order valence-electron chi connectivity index (χ0n) is 9.15. The number of hydrogen-bond donors (Lipinski definition) is 1. The Balaban J connectivity index is 0. The van der Waals surface area contributed by atoms with Gasteiger partial charge in [0.1, 0.15) is 6.42 Å². The highest BCUT2D eigenvalue weighted by molar-refractivity contribution is 5.69. The third-order valence-electron chi connectivity index (χ3n) is 1.04. The van der Waals surface area contributed by atoms with Gasteiger partial charge in [0.05, 0.1) is 33.8 Å². The Kier molecular flexibility index (Phi) is 8.01. The lowest BCUT2D eigenvalue weighted by atomic mass is 10.3. The number of hydrogen-bond acceptors (Lipinski definition) is 3. The van der Waals surface area contributed by atoms with E-state index < -0.39 is 18.5 Å². The molecule has 82 valence electrons. The second kappa shape index (κ2) is 7.30. The molecular formula is C9H18N2O3. The number of likely N-dealkylation sites (N-methyl/N-ethyl adjacent to an activating group) is 1. The summed E-state index contributed by atoms with van der Waals surface area (Å²) in [6.45, 7) is 2.41. The third-order valence-corrected chi connectivity index (χ3v) is 1.04. The number of nitrogens with zero attached hydrogens (tertiary/aromatic N) is 2. The summed E-state index contributed by atoms with van der Waals surface area (Å²) < 4.78 is 0.769. The lowest BCUT2D eigenvalue weighted by molar-refractivity contribution is -0.880. The Labute approximate surface area is 84.8 Å². The zero-order valence-corrected chi connectivity index (χ0v) is 9.15. The van der Waals surface area contributed by atoms with Crippen molar-refractivity contribution >= 4 is 5.97 Å². The van der Waals surface area contributed by atoms with E-state index in [1.54, 1.807) is 6.92 Å². The van der Waals surface area contributed by atoms with E-state index in [2.05, 4.69) is 0 Å². The first-order valence-electron chi connectivity index (χ1n) is 4.24. The highest BCUT2D eigenvalue weighted by atomic mass is 16.4. The Morgan fingerprint density at radius 3 is 2.00 bits per heavy atom. The topological polar surface area (TPSA) is 84.1 Å². The fraction of sp³-hybridized carbons (Fsp3) is 0.778. The maximum atomic E-state index is 10.5. The SMILES string of the molecule is CC([O-])C[N+](C)(C)C.N#CCC(=O)O. The molecule has 0 saturated carbocycles. The number of carbonyl (C=O) groups is 1. The van der Waals surface area contributed by atoms with Crippen LogP contribution >= 0.6 is 0 Å². The Morgan fingerprint density at radius 1 is 1.57 bits per heavy atom. The summed E-state index contributed by atoms with van der Waals surface area (Å²) in [5, 5.41) is 25.8. The Morgan fingerprint density at radius 2 is 2.00 bits per heavy atom. The summed E-state index contributed by atoms with van der Waals surface area (Å²) in [4.78, 5) is 9.38. The molecule has 0 spiro atoms. The smallest absolute Gasteiger partial charge is 0.317 e. The first kappa shape index (κ1) is 15.4. The Hall–Kier alpha value is -1.12. The monoisotopic (exact) mass is 202 g/mol. The molecule has 0 bridgehead atoms. The fourth-order valence-corrected chi connectivity index (χ4v) is 0.839. The van der Waals surface area contributed by atoms with Crippen molar-refractivity contribution in [3.63, 3.8) is 0 Å². The molecule has 1 unspecified atom stereocenters. The van der Waals surface area contributed by atoms with Crippen LogP contribution in [0.5, 0.6) is 0 Å². The first-order chi connectivity index (χ1) is 6.19. The summed E-state index contributed by atoms with van der Waals surface area (Å²) in [7, 11) is 6.07. The summed E-state index contributed by atoms with van der Waals surface area (Å²) >= 11 is 0. The van der Waals surface area contributed by atoms with Gasteiger partial charge in [-0.1, -0.05) is 13.0 Å². The van der Waals surface area contributed by atoms with Crippen molar-refractivity contribution in [1.29, 1.82) is 5.26 Å². The molecule has 0 aliphatic carbocycles. The molecule has 0 fully saturated rings. The van der Waals surface area contributed by atoms with Crippen molar-refractivity contribution in [2.75, 3.05) is 27.7 Å². The van der Waals surface area contributed by atoms with Crippen LogP contribution in [-0.2, 0) is 4.79 Å². The molecule has 0 amide bonds. The minimum absolute atomic E-state index is 0.403. The van der Waals surface area contributed by atoms with Crippen molar-refractivity contribution in [1.82, 2.24) is 0 Å². The fourth-order valence-electron chi connectivity index (χ4n) is 0.839. The summed E-state index contributed by atoms with van der Waals surface area (Å²) in [5.41, 5.74) is 0. The molecule has 0 aliphatic heterocycles. The van der Waals surface area contributed by atoms with Crippen LogP contribution in [0, 0.1) is 11.3 Å². The maximum Gasteiger partial charge on any atom is 0.317 e. The largest absolute Gasteiger partial charge is 0.848 e. The van der Waals surface area contributed by atoms with Crippen molar-refractivity contribution in [2.45, 2.75) is 19.4 Å². The molecule has 0 saturated heterocycles. The zero-order chi connectivity index (χ0) is 11.8. The molecule has 0 rings (SSSR count). The molecular weight excluding hydrogens is 184 g/mol. The molecule has 1 N–H and O–H groups in total. The second-order valence-electron chi connectivity index (χ2n) is 4.01. The number of quaternary nitrogens is 1. The summed E-state index contributed by atoms with van der Waals surface area (Å²) in [6.07, 6.45) is -0.838. The summed E-state index contributed by atoms with van der Waals surface area (Å²) in [5.74, 6) is -1.07. The van der Waals surface area contributed by atoms with Gasteiger partial charge in [-0.15, -0.1) is 0 Å². The Bertz CT molecular complexity index is 201. The molecule has 0 aromatic heterocycles. The van der Waals surface area contributed by atoms with E-state index in [9.17, 15) is 9.90 Å². The van der Waals surface area contributed by atoms with E-state index in [1.165, 1.54) is 6.07 Å². The minimum Gasteiger partial charge on any atom is -0.848 e. The van der Waals surface area contributed by atoms with E-state index in [-0.39, 0.29) is 0 Å². The van der Waals surface area contributed by atoms with Crippen LogP contribution in [0.15, 0.2) is 0 Å². The predicted molar refractivity (Wildman–Crippen MR) is 50.2 cm³/mol. The molecule has 0 heterocycles. The van der Waals surface area contributed by atoms with Gasteiger partial charge < -0.3 is 14.7 Å². The molecule has 5 nitrogen and oxygen atoms in total. The van der Waals surface area contributed by atoms with Gasteiger partial charge in [0.2, 0.25) is 0 Å². The second-order valence-corrected chi connectivity index (χ2v) is 4.01. The molecule has 0 aromatic carbocycles. The van der Waals surface area contributed by atoms with Gasteiger partial charge in [0.15, 0.2) is 0 Å². The number of aliphatic carboxylic acids is 1. The van der Waals surface area contributed by atoms with E-state index in [0.717, 1.165) is 4.48 Å². The average molecular weight is 202 g/mol. The van der Waals surface area contributed by atoms with Crippen LogP contribution in [0.4, 0.5) is 0 Å². The van der Waals surface area contributed by atoms with Crippen molar-refractivity contribution in [3.8, 4) is 6.07 Å². The van der Waals surface area contributed by atoms with E-state index in [0.29, 0.717) is 6.54 Å². The van der Waals surface area contributed by atoms with E-state index in [4.69, 9.17) is 10.4 Å². The van der Waals surface area contributed by atoms with Gasteiger partial charge in [0, 0.05) is 0 Å². The van der Waals surface area contributed by atoms with Crippen molar-refractivity contribution in [2.24, 2.45) is 0 Å². The molecule has 1 atom stereocenters. The number of rotatable bonds is 3. The average Bonchev–Trinajstić information content (AvgIpc) is 1.80. The van der Waals surface area contributed by atoms with Crippen LogP contribution in [0.25, 0.3) is 0 Å². The van der Waals surface area contributed by atoms with Crippen molar-refractivity contribution < 1.29 is 19.5 Å². The van der Waals surface area contributed by atoms with Gasteiger partial charge in [-0.05, 0) is 0 Å². The van der Waals surface area contributed by atoms with Crippen LogP contribution in [0.3, 0.4) is 0 Å². The molecule has 0 aromatic rings. The summed E-state index contributed by atoms with van der Waals surface area (Å²) in [6, 6.07) is 1.47. The number of nitriles is 1. The molecule has 14 heavy (non-hydrogen) atoms. The maximum absolute atomic E-state index is 10.5.